The molecule has 54 heavy (non-hydrogen) atoms. The lowest BCUT2D eigenvalue weighted by atomic mass is 9.85. The van der Waals surface area contributed by atoms with Gasteiger partial charge in [0.15, 0.2) is 6.10 Å². The van der Waals surface area contributed by atoms with E-state index in [-0.39, 0.29) is 6.42 Å². The molecule has 1 aliphatic rings. The highest BCUT2D eigenvalue weighted by Gasteiger charge is 2.54. The standard InChI is InChI=1S/C36H50O16P2/c1-3-5-7-9-11-13-14-15-16-17-19-21-23-25-30(38)50-28(26-48-29(37)24-22-20-18-12-10-8-6-4-2)27-49-54(46,47)52-36-33(41)31(39)35(32(40)34(36)42)51-53(43,44)45/h2,28,31-36,39-42H,3,5,7,9,11,13-17,19,21,23,25-27H2,1H3,(H,46,47)(H2,43,44,45)/t28-,31-,32+,33?,34-,35?,36?/m1/s1. The van der Waals surface area contributed by atoms with Gasteiger partial charge >= 0.3 is 27.6 Å². The van der Waals surface area contributed by atoms with Crippen LogP contribution in [0.2, 0.25) is 0 Å². The summed E-state index contributed by atoms with van der Waals surface area (Å²) in [5.41, 5.74) is 0. The summed E-state index contributed by atoms with van der Waals surface area (Å²) in [5.74, 6) is 18.2. The molecule has 4 unspecified atom stereocenters. The number of hydrogen-bond acceptors (Lipinski definition) is 13. The number of carbonyl (C=O) groups is 2. The summed E-state index contributed by atoms with van der Waals surface area (Å²) in [4.78, 5) is 53.0. The van der Waals surface area contributed by atoms with E-state index in [0.717, 1.165) is 32.1 Å². The van der Waals surface area contributed by atoms with Crippen molar-refractivity contribution in [3.8, 4) is 59.7 Å². The molecule has 0 aromatic heterocycles. The average Bonchev–Trinajstić information content (AvgIpc) is 3.11. The van der Waals surface area contributed by atoms with E-state index >= 15 is 0 Å². The molecule has 1 fully saturated rings. The Morgan fingerprint density at radius 2 is 1.09 bits per heavy atom. The van der Waals surface area contributed by atoms with Gasteiger partial charge in [-0.3, -0.25) is 18.4 Å². The molecule has 0 aromatic carbocycles. The van der Waals surface area contributed by atoms with Gasteiger partial charge in [-0.2, -0.15) is 0 Å². The summed E-state index contributed by atoms with van der Waals surface area (Å²) in [6.45, 7) is 0.557. The second-order valence-corrected chi connectivity index (χ2v) is 14.8. The number of rotatable bonds is 24. The highest BCUT2D eigenvalue weighted by atomic mass is 31.2. The molecule has 0 aromatic rings. The van der Waals surface area contributed by atoms with Crippen molar-refractivity contribution in [3.05, 3.63) is 0 Å². The third kappa shape index (κ3) is 22.2. The smallest absolute Gasteiger partial charge is 0.456 e. The van der Waals surface area contributed by atoms with E-state index < -0.39 is 83.5 Å². The fourth-order valence-corrected chi connectivity index (χ4v) is 6.62. The monoisotopic (exact) mass is 800 g/mol. The first-order valence-electron chi connectivity index (χ1n) is 17.6. The SMILES string of the molecule is C#CC#CC#CC#CC#CC(=O)OC[C@H](COP(=O)(O)OC1C(O)[C@@H](O)C(OP(=O)(O)O)[C@@H](O)[C@H]1O)OC(=O)CCCCCCCCCCCCCCC. The Morgan fingerprint density at radius 1 is 0.648 bits per heavy atom. The Labute approximate surface area is 316 Å². The van der Waals surface area contributed by atoms with Gasteiger partial charge in [-0.1, -0.05) is 84.0 Å². The lowest BCUT2D eigenvalue weighted by molar-refractivity contribution is -0.216. The average molecular weight is 801 g/mol. The molecular weight excluding hydrogens is 750 g/mol. The highest BCUT2D eigenvalue weighted by Crippen LogP contribution is 2.48. The zero-order chi connectivity index (χ0) is 40.4. The first-order valence-corrected chi connectivity index (χ1v) is 20.6. The van der Waals surface area contributed by atoms with Crippen LogP contribution in [0.15, 0.2) is 0 Å². The summed E-state index contributed by atoms with van der Waals surface area (Å²) >= 11 is 0. The largest absolute Gasteiger partial charge is 0.472 e. The molecule has 0 radical (unpaired) electrons. The van der Waals surface area contributed by atoms with Gasteiger partial charge in [-0.05, 0) is 53.8 Å². The number of ether oxygens (including phenoxy) is 2. The summed E-state index contributed by atoms with van der Waals surface area (Å²) in [7, 11) is -10.7. The number of esters is 2. The first-order chi connectivity index (χ1) is 25.6. The zero-order valence-electron chi connectivity index (χ0n) is 30.1. The number of carbonyl (C=O) groups excluding carboxylic acids is 2. The van der Waals surface area contributed by atoms with Crippen LogP contribution in [0.1, 0.15) is 96.8 Å². The molecule has 8 atom stereocenters. The minimum Gasteiger partial charge on any atom is -0.456 e. The van der Waals surface area contributed by atoms with Gasteiger partial charge in [0.05, 0.1) is 6.61 Å². The summed E-state index contributed by atoms with van der Waals surface area (Å²) in [6, 6.07) is 0. The Kier molecular flexibility index (Phi) is 24.8. The molecule has 1 rings (SSSR count). The molecule has 0 bridgehead atoms. The van der Waals surface area contributed by atoms with Gasteiger partial charge in [0.2, 0.25) is 0 Å². The molecule has 0 heterocycles. The van der Waals surface area contributed by atoms with E-state index in [1.165, 1.54) is 44.9 Å². The van der Waals surface area contributed by atoms with Gasteiger partial charge in [-0.25, -0.2) is 13.9 Å². The minimum atomic E-state index is -5.33. The first kappa shape index (κ1) is 48.8. The molecule has 0 aliphatic heterocycles. The fourth-order valence-electron chi connectivity index (χ4n) is 5.08. The van der Waals surface area contributed by atoms with Gasteiger partial charge < -0.3 is 44.6 Å². The van der Waals surface area contributed by atoms with Crippen molar-refractivity contribution in [2.75, 3.05) is 13.2 Å². The van der Waals surface area contributed by atoms with Crippen molar-refractivity contribution < 1.29 is 76.9 Å². The predicted octanol–water partition coefficient (Wildman–Crippen LogP) is 2.01. The molecule has 1 aliphatic carbocycles. The number of phosphoric ester groups is 2. The third-order valence-electron chi connectivity index (χ3n) is 7.78. The van der Waals surface area contributed by atoms with E-state index in [1.807, 2.05) is 5.92 Å². The summed E-state index contributed by atoms with van der Waals surface area (Å²) < 4.78 is 48.1. The van der Waals surface area contributed by atoms with Crippen LogP contribution >= 0.6 is 15.6 Å². The molecule has 18 heteroatoms. The van der Waals surface area contributed by atoms with Crippen molar-refractivity contribution in [1.29, 1.82) is 0 Å². The molecule has 7 N–H and O–H groups in total. The normalized spacial score (nSPS) is 22.1. The molecular formula is C36H50O16P2. The van der Waals surface area contributed by atoms with E-state index in [1.54, 1.807) is 0 Å². The number of unbranched alkanes of at least 4 members (excludes halogenated alkanes) is 12. The topological polar surface area (TPSA) is 256 Å². The van der Waals surface area contributed by atoms with Crippen LogP contribution in [0.25, 0.3) is 0 Å². The van der Waals surface area contributed by atoms with Crippen molar-refractivity contribution >= 4 is 27.6 Å². The summed E-state index contributed by atoms with van der Waals surface area (Å²) in [5, 5.41) is 41.1. The maximum absolute atomic E-state index is 12.8. The van der Waals surface area contributed by atoms with Gasteiger partial charge in [-0.15, -0.1) is 6.42 Å². The number of aliphatic hydroxyl groups excluding tert-OH is 4. The Morgan fingerprint density at radius 3 is 1.57 bits per heavy atom. The van der Waals surface area contributed by atoms with Crippen LogP contribution in [0.3, 0.4) is 0 Å². The molecule has 0 amide bonds. The van der Waals surface area contributed by atoms with Crippen LogP contribution in [-0.2, 0) is 41.8 Å². The molecule has 16 nitrogen and oxygen atoms in total. The maximum Gasteiger partial charge on any atom is 0.472 e. The number of aliphatic hydroxyl groups is 4. The third-order valence-corrected chi connectivity index (χ3v) is 9.28. The van der Waals surface area contributed by atoms with E-state index in [2.05, 4.69) is 58.8 Å². The fraction of sp³-hybridized carbons (Fsp3) is 0.667. The van der Waals surface area contributed by atoms with Crippen LogP contribution in [0.5, 0.6) is 0 Å². The van der Waals surface area contributed by atoms with E-state index in [4.69, 9.17) is 34.7 Å². The second kappa shape index (κ2) is 27.4. The lowest BCUT2D eigenvalue weighted by Gasteiger charge is -2.43. The Bertz CT molecular complexity index is 1540. The van der Waals surface area contributed by atoms with Gasteiger partial charge in [0.1, 0.15) is 43.2 Å². The van der Waals surface area contributed by atoms with Crippen molar-refractivity contribution in [1.82, 2.24) is 0 Å². The molecule has 0 saturated heterocycles. The molecule has 1 saturated carbocycles. The summed E-state index contributed by atoms with van der Waals surface area (Å²) in [6.07, 6.45) is 3.99. The minimum absolute atomic E-state index is 0.0221. The van der Waals surface area contributed by atoms with Crippen LogP contribution in [0, 0.1) is 59.7 Å². The van der Waals surface area contributed by atoms with E-state index in [0.29, 0.717) is 6.42 Å². The molecule has 300 valence electrons. The van der Waals surface area contributed by atoms with E-state index in [9.17, 15) is 44.0 Å². The van der Waals surface area contributed by atoms with Gasteiger partial charge in [0, 0.05) is 12.3 Å². The maximum atomic E-state index is 12.8. The zero-order valence-corrected chi connectivity index (χ0v) is 31.9. The number of phosphoric acid groups is 2. The number of terminal acetylenes is 1. The van der Waals surface area contributed by atoms with Gasteiger partial charge in [0.25, 0.3) is 0 Å². The van der Waals surface area contributed by atoms with Crippen LogP contribution in [-0.4, -0.2) is 103 Å². The molecule has 0 spiro atoms. The predicted molar refractivity (Wildman–Crippen MR) is 193 cm³/mol. The lowest BCUT2D eigenvalue weighted by Crippen LogP contribution is -2.64. The Balaban J connectivity index is 2.77. The van der Waals surface area contributed by atoms with Crippen molar-refractivity contribution in [3.63, 3.8) is 0 Å². The highest BCUT2D eigenvalue weighted by molar-refractivity contribution is 7.47. The second-order valence-electron chi connectivity index (χ2n) is 12.2. The van der Waals surface area contributed by atoms with Crippen LogP contribution in [0.4, 0.5) is 0 Å². The van der Waals surface area contributed by atoms with Crippen molar-refractivity contribution in [2.45, 2.75) is 140 Å². The number of hydrogen-bond donors (Lipinski definition) is 7. The quantitative estimate of drug-likeness (QED) is 0.0242. The van der Waals surface area contributed by atoms with Crippen molar-refractivity contribution in [2.24, 2.45) is 0 Å². The Hall–Kier alpha value is -3.20. The van der Waals surface area contributed by atoms with Crippen LogP contribution < -0.4 is 0 Å².